The molecule has 0 atom stereocenters. The summed E-state index contributed by atoms with van der Waals surface area (Å²) in [6.07, 6.45) is 3.81. The Morgan fingerprint density at radius 2 is 1.71 bits per heavy atom. The van der Waals surface area contributed by atoms with Gasteiger partial charge in [-0.05, 0) is 85.5 Å². The Morgan fingerprint density at radius 1 is 1.03 bits per heavy atom. The zero-order chi connectivity index (χ0) is 26.6. The van der Waals surface area contributed by atoms with Crippen LogP contribution in [0.1, 0.15) is 36.0 Å². The van der Waals surface area contributed by atoms with E-state index in [4.69, 9.17) is 14.9 Å². The SMILES string of the molecule is Cc1ccc(OCCOc2ccc(/C=C3/C(=N)N4N=C(CC(=O)N5CCCC5)SC4=NC3=O)cc2)cc1C. The van der Waals surface area contributed by atoms with Gasteiger partial charge in [-0.2, -0.15) is 15.1 Å². The predicted molar refractivity (Wildman–Crippen MR) is 149 cm³/mol. The number of fused-ring (bicyclic) bond motifs is 1. The molecule has 9 nitrogen and oxygen atoms in total. The Morgan fingerprint density at radius 3 is 2.42 bits per heavy atom. The first-order valence-corrected chi connectivity index (χ1v) is 13.4. The second-order valence-electron chi connectivity index (χ2n) is 9.29. The van der Waals surface area contributed by atoms with E-state index >= 15 is 0 Å². The van der Waals surface area contributed by atoms with Crippen LogP contribution >= 0.6 is 11.8 Å². The first-order valence-electron chi connectivity index (χ1n) is 12.6. The van der Waals surface area contributed by atoms with Crippen molar-refractivity contribution >= 4 is 45.7 Å². The molecular weight excluding hydrogens is 502 g/mol. The number of nitrogens with one attached hydrogen (secondary N) is 1. The van der Waals surface area contributed by atoms with Gasteiger partial charge >= 0.3 is 0 Å². The highest BCUT2D eigenvalue weighted by molar-refractivity contribution is 8.27. The maximum atomic E-state index is 12.7. The van der Waals surface area contributed by atoms with Crippen LogP contribution in [0.2, 0.25) is 0 Å². The lowest BCUT2D eigenvalue weighted by Gasteiger charge is -2.20. The molecule has 0 spiro atoms. The van der Waals surface area contributed by atoms with Gasteiger partial charge in [-0.1, -0.05) is 18.2 Å². The monoisotopic (exact) mass is 531 g/mol. The van der Waals surface area contributed by atoms with Gasteiger partial charge in [-0.15, -0.1) is 0 Å². The van der Waals surface area contributed by atoms with Crippen LogP contribution in [0.5, 0.6) is 11.5 Å². The standard InChI is InChI=1S/C28H29N5O4S/c1-18-5-8-22(15-19(18)2)37-14-13-36-21-9-6-20(7-10-21)16-23-26(29)33-28(30-27(23)35)38-24(31-33)17-25(34)32-11-3-4-12-32/h5-10,15-16,29H,3-4,11-14,17H2,1-2H3/b23-16-,29-26?. The molecule has 3 heterocycles. The minimum atomic E-state index is -0.500. The molecule has 5 rings (SSSR count). The summed E-state index contributed by atoms with van der Waals surface area (Å²) in [6, 6.07) is 13.2. The van der Waals surface area contributed by atoms with E-state index in [2.05, 4.69) is 23.9 Å². The number of rotatable bonds is 8. The summed E-state index contributed by atoms with van der Waals surface area (Å²) in [5.41, 5.74) is 3.28. The van der Waals surface area contributed by atoms with E-state index < -0.39 is 5.91 Å². The lowest BCUT2D eigenvalue weighted by atomic mass is 10.1. The second kappa shape index (κ2) is 11.2. The molecule has 2 aromatic rings. The van der Waals surface area contributed by atoms with E-state index in [0.29, 0.717) is 29.2 Å². The van der Waals surface area contributed by atoms with E-state index in [1.807, 2.05) is 35.2 Å². The smallest absolute Gasteiger partial charge is 0.283 e. The fourth-order valence-corrected chi connectivity index (χ4v) is 5.14. The summed E-state index contributed by atoms with van der Waals surface area (Å²) in [5, 5.41) is 15.1. The Kier molecular flexibility index (Phi) is 7.59. The van der Waals surface area contributed by atoms with E-state index in [1.54, 1.807) is 18.2 Å². The minimum absolute atomic E-state index is 0.0157. The Hall–Kier alpha value is -3.92. The molecular formula is C28H29N5O4S. The normalized spacial score (nSPS) is 18.0. The average Bonchev–Trinajstić information content (AvgIpc) is 3.58. The molecule has 2 amide bonds. The summed E-state index contributed by atoms with van der Waals surface area (Å²) < 4.78 is 11.5. The van der Waals surface area contributed by atoms with E-state index in [9.17, 15) is 9.59 Å². The van der Waals surface area contributed by atoms with Gasteiger partial charge in [0.15, 0.2) is 5.84 Å². The van der Waals surface area contributed by atoms with Crippen LogP contribution in [0.4, 0.5) is 0 Å². The van der Waals surface area contributed by atoms with Crippen LogP contribution in [0, 0.1) is 19.3 Å². The first kappa shape index (κ1) is 25.7. The summed E-state index contributed by atoms with van der Waals surface area (Å²) in [7, 11) is 0. The molecule has 0 saturated carbocycles. The number of amides is 2. The molecule has 1 saturated heterocycles. The zero-order valence-electron chi connectivity index (χ0n) is 21.4. The Labute approximate surface area is 225 Å². The third-order valence-electron chi connectivity index (χ3n) is 6.55. The van der Waals surface area contributed by atoms with Crippen molar-refractivity contribution in [2.24, 2.45) is 10.1 Å². The number of nitrogens with zero attached hydrogens (tertiary/aromatic N) is 4. The highest BCUT2D eigenvalue weighted by Crippen LogP contribution is 2.30. The number of aryl methyl sites for hydroxylation is 2. The van der Waals surface area contributed by atoms with Crippen molar-refractivity contribution < 1.29 is 19.1 Å². The molecule has 2 aromatic carbocycles. The van der Waals surface area contributed by atoms with Crippen LogP contribution in [0.3, 0.4) is 0 Å². The average molecular weight is 532 g/mol. The summed E-state index contributed by atoms with van der Waals surface area (Å²) in [4.78, 5) is 31.1. The van der Waals surface area contributed by atoms with Gasteiger partial charge in [0.05, 0.1) is 12.0 Å². The van der Waals surface area contributed by atoms with Crippen molar-refractivity contribution in [3.8, 4) is 11.5 Å². The number of benzene rings is 2. The summed E-state index contributed by atoms with van der Waals surface area (Å²) in [6.45, 7) is 6.47. The third-order valence-corrected chi connectivity index (χ3v) is 7.46. The number of likely N-dealkylation sites (tertiary alicyclic amines) is 1. The number of hydrazone groups is 1. The maximum Gasteiger partial charge on any atom is 0.283 e. The molecule has 1 fully saturated rings. The van der Waals surface area contributed by atoms with Crippen molar-refractivity contribution in [2.45, 2.75) is 33.1 Å². The number of amidine groups is 2. The van der Waals surface area contributed by atoms with Gasteiger partial charge in [-0.3, -0.25) is 15.0 Å². The number of carbonyl (C=O) groups is 2. The van der Waals surface area contributed by atoms with E-state index in [0.717, 1.165) is 37.2 Å². The molecule has 0 radical (unpaired) electrons. The molecule has 0 aliphatic carbocycles. The van der Waals surface area contributed by atoms with Crippen molar-refractivity contribution in [1.82, 2.24) is 9.91 Å². The summed E-state index contributed by atoms with van der Waals surface area (Å²) in [5.74, 6) is 0.950. The van der Waals surface area contributed by atoms with Gasteiger partial charge in [0.1, 0.15) is 29.8 Å². The largest absolute Gasteiger partial charge is 0.490 e. The lowest BCUT2D eigenvalue weighted by Crippen LogP contribution is -2.35. The Balaban J connectivity index is 1.17. The number of aliphatic imine (C=N–C) groups is 1. The second-order valence-corrected chi connectivity index (χ2v) is 10.3. The molecule has 3 aliphatic heterocycles. The van der Waals surface area contributed by atoms with E-state index in [-0.39, 0.29) is 23.7 Å². The third kappa shape index (κ3) is 5.80. The van der Waals surface area contributed by atoms with Crippen LogP contribution in [0.15, 0.2) is 58.1 Å². The number of ether oxygens (including phenoxy) is 2. The van der Waals surface area contributed by atoms with Gasteiger partial charge in [-0.25, -0.2) is 0 Å². The summed E-state index contributed by atoms with van der Waals surface area (Å²) >= 11 is 1.17. The van der Waals surface area contributed by atoms with Crippen LogP contribution < -0.4 is 9.47 Å². The van der Waals surface area contributed by atoms with Crippen molar-refractivity contribution in [1.29, 1.82) is 5.41 Å². The zero-order valence-corrected chi connectivity index (χ0v) is 22.2. The quantitative estimate of drug-likeness (QED) is 0.400. The molecule has 10 heteroatoms. The Bertz CT molecular complexity index is 1360. The highest BCUT2D eigenvalue weighted by atomic mass is 32.2. The van der Waals surface area contributed by atoms with Crippen LogP contribution in [-0.2, 0) is 9.59 Å². The highest BCUT2D eigenvalue weighted by Gasteiger charge is 2.36. The van der Waals surface area contributed by atoms with Gasteiger partial charge < -0.3 is 14.4 Å². The minimum Gasteiger partial charge on any atom is -0.490 e. The van der Waals surface area contributed by atoms with Crippen LogP contribution in [0.25, 0.3) is 6.08 Å². The van der Waals surface area contributed by atoms with E-state index in [1.165, 1.54) is 27.9 Å². The van der Waals surface area contributed by atoms with Gasteiger partial charge in [0.25, 0.3) is 5.91 Å². The number of thioether (sulfide) groups is 1. The van der Waals surface area contributed by atoms with Crippen molar-refractivity contribution in [2.75, 3.05) is 26.3 Å². The van der Waals surface area contributed by atoms with Gasteiger partial charge in [0, 0.05) is 13.1 Å². The predicted octanol–water partition coefficient (Wildman–Crippen LogP) is 4.39. The first-order chi connectivity index (χ1) is 18.4. The molecule has 0 unspecified atom stereocenters. The molecule has 1 N–H and O–H groups in total. The molecule has 3 aliphatic rings. The maximum absolute atomic E-state index is 12.7. The number of carbonyl (C=O) groups excluding carboxylic acids is 2. The molecule has 38 heavy (non-hydrogen) atoms. The fraction of sp³-hybridized carbons (Fsp3) is 0.321. The van der Waals surface area contributed by atoms with Crippen LogP contribution in [-0.4, -0.2) is 64.1 Å². The molecule has 196 valence electrons. The van der Waals surface area contributed by atoms with Crippen molar-refractivity contribution in [3.05, 3.63) is 64.7 Å². The van der Waals surface area contributed by atoms with Gasteiger partial charge in [0.2, 0.25) is 11.1 Å². The van der Waals surface area contributed by atoms with Crippen molar-refractivity contribution in [3.63, 3.8) is 0 Å². The topological polar surface area (TPSA) is 108 Å². The fourth-order valence-electron chi connectivity index (χ4n) is 4.26. The number of hydrogen-bond donors (Lipinski definition) is 1. The lowest BCUT2D eigenvalue weighted by molar-refractivity contribution is -0.128. The number of hydrogen-bond acceptors (Lipinski definition) is 7. The molecule has 0 aromatic heterocycles. The molecule has 0 bridgehead atoms.